The standard InChI is InChI=1S/C21H23F3N3O8P/c1-12-10-27(20(30)25-18(12)28)17-9-8-16(34-17)11-33-36(31,26-13(2)19(29)32-3)35-15-6-4-14(5-7-15)21(22,23)24/h4-10,13,16-17H,11H2,1-3H3,(H,26,31)(H,25,28,30)/t13?,16-,17+,36?/m0/s1. The van der Waals surface area contributed by atoms with Gasteiger partial charge in [0.05, 0.1) is 19.3 Å². The molecule has 2 heterocycles. The zero-order valence-corrected chi connectivity index (χ0v) is 20.2. The molecule has 36 heavy (non-hydrogen) atoms. The Morgan fingerprint density at radius 1 is 1.25 bits per heavy atom. The zero-order valence-electron chi connectivity index (χ0n) is 19.3. The van der Waals surface area contributed by atoms with Crippen LogP contribution in [0.15, 0.2) is 52.2 Å². The number of H-pyrrole nitrogens is 1. The highest BCUT2D eigenvalue weighted by molar-refractivity contribution is 7.52. The first-order valence-electron chi connectivity index (χ1n) is 10.4. The number of hydrogen-bond acceptors (Lipinski definition) is 8. The van der Waals surface area contributed by atoms with Crippen molar-refractivity contribution in [1.29, 1.82) is 0 Å². The summed E-state index contributed by atoms with van der Waals surface area (Å²) in [5.41, 5.74) is -1.90. The first-order chi connectivity index (χ1) is 16.8. The lowest BCUT2D eigenvalue weighted by Gasteiger charge is -2.24. The van der Waals surface area contributed by atoms with E-state index in [1.54, 1.807) is 0 Å². The predicted octanol–water partition coefficient (Wildman–Crippen LogP) is 2.67. The van der Waals surface area contributed by atoms with E-state index in [1.807, 2.05) is 0 Å². The molecule has 3 rings (SSSR count). The van der Waals surface area contributed by atoms with Gasteiger partial charge in [0.15, 0.2) is 6.23 Å². The average molecular weight is 533 g/mol. The Morgan fingerprint density at radius 3 is 2.53 bits per heavy atom. The van der Waals surface area contributed by atoms with Gasteiger partial charge in [-0.1, -0.05) is 6.08 Å². The number of hydrogen-bond donors (Lipinski definition) is 2. The molecule has 0 radical (unpaired) electrons. The third-order valence-electron chi connectivity index (χ3n) is 4.95. The van der Waals surface area contributed by atoms with E-state index >= 15 is 0 Å². The van der Waals surface area contributed by atoms with E-state index in [9.17, 15) is 32.1 Å². The second-order valence-corrected chi connectivity index (χ2v) is 9.40. The number of benzene rings is 1. The number of nitrogens with one attached hydrogen (secondary N) is 2. The van der Waals surface area contributed by atoms with Crippen LogP contribution in [0, 0.1) is 6.92 Å². The van der Waals surface area contributed by atoms with Gasteiger partial charge in [0, 0.05) is 11.8 Å². The first-order valence-corrected chi connectivity index (χ1v) is 12.0. The van der Waals surface area contributed by atoms with Crippen LogP contribution in [-0.4, -0.2) is 41.4 Å². The highest BCUT2D eigenvalue weighted by atomic mass is 31.2. The van der Waals surface area contributed by atoms with Crippen LogP contribution in [0.2, 0.25) is 0 Å². The van der Waals surface area contributed by atoms with E-state index in [4.69, 9.17) is 13.8 Å². The van der Waals surface area contributed by atoms with Crippen molar-refractivity contribution < 1.29 is 41.1 Å². The van der Waals surface area contributed by atoms with Crippen molar-refractivity contribution in [2.24, 2.45) is 0 Å². The molecule has 196 valence electrons. The quantitative estimate of drug-likeness (QED) is 0.283. The van der Waals surface area contributed by atoms with Crippen molar-refractivity contribution in [3.8, 4) is 5.75 Å². The Balaban J connectivity index is 1.73. The first kappa shape index (κ1) is 27.4. The summed E-state index contributed by atoms with van der Waals surface area (Å²) >= 11 is 0. The summed E-state index contributed by atoms with van der Waals surface area (Å²) in [5, 5.41) is 2.37. The van der Waals surface area contributed by atoms with Gasteiger partial charge < -0.3 is 14.0 Å². The number of rotatable bonds is 9. The van der Waals surface area contributed by atoms with Crippen molar-refractivity contribution in [3.05, 3.63) is 74.6 Å². The lowest BCUT2D eigenvalue weighted by molar-refractivity contribution is -0.142. The highest BCUT2D eigenvalue weighted by Crippen LogP contribution is 2.46. The summed E-state index contributed by atoms with van der Waals surface area (Å²) in [5.74, 6) is -1.01. The van der Waals surface area contributed by atoms with E-state index in [0.29, 0.717) is 0 Å². The fourth-order valence-corrected chi connectivity index (χ4v) is 4.59. The van der Waals surface area contributed by atoms with Gasteiger partial charge in [-0.05, 0) is 44.2 Å². The predicted molar refractivity (Wildman–Crippen MR) is 119 cm³/mol. The van der Waals surface area contributed by atoms with Crippen molar-refractivity contribution in [3.63, 3.8) is 0 Å². The second kappa shape index (κ2) is 10.8. The summed E-state index contributed by atoms with van der Waals surface area (Å²) in [6.45, 7) is 2.45. The molecule has 0 spiro atoms. The summed E-state index contributed by atoms with van der Waals surface area (Å²) < 4.78 is 74.0. The molecule has 0 fully saturated rings. The van der Waals surface area contributed by atoms with Crippen molar-refractivity contribution in [2.45, 2.75) is 38.4 Å². The number of aromatic amines is 1. The summed E-state index contributed by atoms with van der Waals surface area (Å²) in [6, 6.07) is 2.22. The van der Waals surface area contributed by atoms with Crippen LogP contribution in [0.5, 0.6) is 5.75 Å². The summed E-state index contributed by atoms with van der Waals surface area (Å²) in [6.07, 6.45) is -1.95. The SMILES string of the molecule is COC(=O)C(C)NP(=O)(OC[C@@H]1C=C[C@H](n2cc(C)c(=O)[nH]c2=O)O1)Oc1ccc(C(F)(F)F)cc1. The molecule has 0 aliphatic carbocycles. The maximum absolute atomic E-state index is 13.4. The van der Waals surface area contributed by atoms with E-state index < -0.39 is 55.1 Å². The number of ether oxygens (including phenoxy) is 2. The van der Waals surface area contributed by atoms with Crippen LogP contribution in [-0.2, 0) is 29.5 Å². The van der Waals surface area contributed by atoms with Gasteiger partial charge >= 0.3 is 25.6 Å². The van der Waals surface area contributed by atoms with E-state index in [-0.39, 0.29) is 17.9 Å². The summed E-state index contributed by atoms with van der Waals surface area (Å²) in [7, 11) is -3.24. The maximum Gasteiger partial charge on any atom is 0.459 e. The van der Waals surface area contributed by atoms with Crippen LogP contribution in [0.4, 0.5) is 13.2 Å². The van der Waals surface area contributed by atoms with E-state index in [0.717, 1.165) is 35.9 Å². The fraction of sp³-hybridized carbons (Fsp3) is 0.381. The van der Waals surface area contributed by atoms with Gasteiger partial charge in [0.1, 0.15) is 17.9 Å². The largest absolute Gasteiger partial charge is 0.468 e. The van der Waals surface area contributed by atoms with Crippen LogP contribution in [0.3, 0.4) is 0 Å². The number of aromatic nitrogens is 2. The lowest BCUT2D eigenvalue weighted by atomic mass is 10.2. The maximum atomic E-state index is 13.4. The van der Waals surface area contributed by atoms with Crippen molar-refractivity contribution in [1.82, 2.24) is 14.6 Å². The number of carbonyl (C=O) groups is 1. The summed E-state index contributed by atoms with van der Waals surface area (Å²) in [4.78, 5) is 37.6. The molecule has 11 nitrogen and oxygen atoms in total. The molecule has 1 aliphatic heterocycles. The Hall–Kier alpha value is -3.19. The van der Waals surface area contributed by atoms with Crippen LogP contribution in [0.1, 0.15) is 24.3 Å². The number of esters is 1. The molecule has 2 aromatic rings. The zero-order chi connectivity index (χ0) is 26.7. The fourth-order valence-electron chi connectivity index (χ4n) is 3.09. The van der Waals surface area contributed by atoms with Gasteiger partial charge in [0.25, 0.3) is 5.56 Å². The van der Waals surface area contributed by atoms with E-state index in [2.05, 4.69) is 14.8 Å². The molecule has 15 heteroatoms. The second-order valence-electron chi connectivity index (χ2n) is 7.71. The molecule has 1 aromatic heterocycles. The molecule has 1 aromatic carbocycles. The molecule has 0 saturated carbocycles. The molecule has 2 unspecified atom stereocenters. The molecule has 0 saturated heterocycles. The molecular weight excluding hydrogens is 510 g/mol. The third kappa shape index (κ3) is 6.72. The number of halogens is 3. The number of nitrogens with zero attached hydrogens (tertiary/aromatic N) is 1. The Morgan fingerprint density at radius 2 is 1.92 bits per heavy atom. The molecule has 0 bridgehead atoms. The van der Waals surface area contributed by atoms with Gasteiger partial charge in [0.2, 0.25) is 0 Å². The minimum absolute atomic E-state index is 0.216. The lowest BCUT2D eigenvalue weighted by Crippen LogP contribution is -2.35. The van der Waals surface area contributed by atoms with Crippen LogP contribution < -0.4 is 20.9 Å². The highest BCUT2D eigenvalue weighted by Gasteiger charge is 2.35. The van der Waals surface area contributed by atoms with Gasteiger partial charge in [-0.2, -0.15) is 18.3 Å². The molecule has 1 aliphatic rings. The number of alkyl halides is 3. The molecule has 2 N–H and O–H groups in total. The van der Waals surface area contributed by atoms with Crippen LogP contribution >= 0.6 is 7.75 Å². The Labute approximate surface area is 202 Å². The third-order valence-corrected chi connectivity index (χ3v) is 6.59. The van der Waals surface area contributed by atoms with Gasteiger partial charge in [-0.15, -0.1) is 0 Å². The Bertz CT molecular complexity index is 1290. The number of aryl methyl sites for hydroxylation is 1. The minimum Gasteiger partial charge on any atom is -0.468 e. The Kier molecular flexibility index (Phi) is 8.24. The number of carbonyl (C=O) groups excluding carboxylic acids is 1. The smallest absolute Gasteiger partial charge is 0.459 e. The normalized spacial score (nSPS) is 20.1. The van der Waals surface area contributed by atoms with Crippen LogP contribution in [0.25, 0.3) is 0 Å². The van der Waals surface area contributed by atoms with Gasteiger partial charge in [-0.3, -0.25) is 23.7 Å². The molecule has 0 amide bonds. The minimum atomic E-state index is -4.58. The number of methoxy groups -OCH3 is 1. The monoisotopic (exact) mass is 533 g/mol. The molecule has 4 atom stereocenters. The topological polar surface area (TPSA) is 138 Å². The molecular formula is C21H23F3N3O8P. The van der Waals surface area contributed by atoms with Crippen molar-refractivity contribution in [2.75, 3.05) is 13.7 Å². The average Bonchev–Trinajstić information content (AvgIpc) is 3.28. The van der Waals surface area contributed by atoms with Gasteiger partial charge in [-0.25, -0.2) is 9.36 Å². The van der Waals surface area contributed by atoms with Crippen molar-refractivity contribution >= 4 is 13.7 Å². The van der Waals surface area contributed by atoms with E-state index in [1.165, 1.54) is 32.2 Å².